The summed E-state index contributed by atoms with van der Waals surface area (Å²) < 4.78 is 5.38. The van der Waals surface area contributed by atoms with Crippen molar-refractivity contribution >= 4 is 28.6 Å². The molecule has 1 amide bonds. The van der Waals surface area contributed by atoms with Gasteiger partial charge in [0.15, 0.2) is 5.43 Å². The first kappa shape index (κ1) is 15.3. The summed E-state index contributed by atoms with van der Waals surface area (Å²) in [5.41, 5.74) is 1.34. The molecule has 0 fully saturated rings. The number of rotatable bonds is 3. The molecule has 3 rings (SSSR count). The molecular formula is C19H12N2O3. The molecule has 2 aromatic carbocycles. The van der Waals surface area contributed by atoms with Gasteiger partial charge in [0.25, 0.3) is 0 Å². The molecule has 1 heterocycles. The minimum atomic E-state index is -0.440. The van der Waals surface area contributed by atoms with Crippen molar-refractivity contribution in [2.45, 2.75) is 0 Å². The molecular weight excluding hydrogens is 304 g/mol. The van der Waals surface area contributed by atoms with Crippen LogP contribution in [0.25, 0.3) is 17.0 Å². The summed E-state index contributed by atoms with van der Waals surface area (Å²) in [5.74, 6) is -0.440. The van der Waals surface area contributed by atoms with Crippen LogP contribution in [-0.4, -0.2) is 5.91 Å². The van der Waals surface area contributed by atoms with E-state index in [1.807, 2.05) is 6.07 Å². The fourth-order valence-corrected chi connectivity index (χ4v) is 2.24. The average Bonchev–Trinajstić information content (AvgIpc) is 2.62. The van der Waals surface area contributed by atoms with Crippen LogP contribution in [0.15, 0.2) is 70.1 Å². The lowest BCUT2D eigenvalue weighted by atomic mass is 10.1. The maximum Gasteiger partial charge on any atom is 0.248 e. The second-order valence-corrected chi connectivity index (χ2v) is 5.00. The van der Waals surface area contributed by atoms with Gasteiger partial charge in [-0.3, -0.25) is 9.59 Å². The third-order valence-corrected chi connectivity index (χ3v) is 3.43. The van der Waals surface area contributed by atoms with Crippen molar-refractivity contribution in [3.63, 3.8) is 0 Å². The zero-order valence-corrected chi connectivity index (χ0v) is 12.5. The Labute approximate surface area is 137 Å². The van der Waals surface area contributed by atoms with Crippen LogP contribution in [0.2, 0.25) is 0 Å². The molecule has 24 heavy (non-hydrogen) atoms. The van der Waals surface area contributed by atoms with Gasteiger partial charge in [0, 0.05) is 6.08 Å². The van der Waals surface area contributed by atoms with E-state index < -0.39 is 5.91 Å². The maximum atomic E-state index is 12.3. The Bertz CT molecular complexity index is 1040. The molecule has 3 aromatic rings. The van der Waals surface area contributed by atoms with Gasteiger partial charge in [-0.1, -0.05) is 24.3 Å². The first-order chi connectivity index (χ1) is 11.7. The summed E-state index contributed by atoms with van der Waals surface area (Å²) in [6.45, 7) is 0. The highest BCUT2D eigenvalue weighted by Crippen LogP contribution is 2.14. The summed E-state index contributed by atoms with van der Waals surface area (Å²) in [4.78, 5) is 24.3. The van der Waals surface area contributed by atoms with Gasteiger partial charge in [-0.15, -0.1) is 0 Å². The van der Waals surface area contributed by atoms with E-state index in [4.69, 9.17) is 9.68 Å². The van der Waals surface area contributed by atoms with Crippen LogP contribution < -0.4 is 10.7 Å². The number of hydrogen-bond donors (Lipinski definition) is 1. The number of para-hydroxylation sites is 2. The average molecular weight is 316 g/mol. The molecule has 0 saturated carbocycles. The number of nitrogens with zero attached hydrogens (tertiary/aromatic N) is 1. The zero-order valence-electron chi connectivity index (χ0n) is 12.5. The molecule has 5 heteroatoms. The van der Waals surface area contributed by atoms with Crippen LogP contribution in [0.3, 0.4) is 0 Å². The third-order valence-electron chi connectivity index (χ3n) is 3.43. The van der Waals surface area contributed by atoms with E-state index in [1.54, 1.807) is 48.5 Å². The van der Waals surface area contributed by atoms with Crippen molar-refractivity contribution in [1.82, 2.24) is 0 Å². The zero-order chi connectivity index (χ0) is 16.9. The highest BCUT2D eigenvalue weighted by molar-refractivity contribution is 6.02. The summed E-state index contributed by atoms with van der Waals surface area (Å²) >= 11 is 0. The molecule has 0 bridgehead atoms. The fourth-order valence-electron chi connectivity index (χ4n) is 2.24. The van der Waals surface area contributed by atoms with E-state index in [0.717, 1.165) is 0 Å². The van der Waals surface area contributed by atoms with Crippen LogP contribution in [-0.2, 0) is 4.79 Å². The monoisotopic (exact) mass is 316 g/mol. The molecule has 1 aromatic heterocycles. The number of nitriles is 1. The van der Waals surface area contributed by atoms with Crippen molar-refractivity contribution in [3.05, 3.63) is 82.2 Å². The van der Waals surface area contributed by atoms with Crippen LogP contribution >= 0.6 is 0 Å². The molecule has 0 saturated heterocycles. The van der Waals surface area contributed by atoms with Gasteiger partial charge < -0.3 is 9.73 Å². The molecule has 0 radical (unpaired) electrons. The summed E-state index contributed by atoms with van der Waals surface area (Å²) in [7, 11) is 0. The van der Waals surface area contributed by atoms with Gasteiger partial charge >= 0.3 is 0 Å². The van der Waals surface area contributed by atoms with Crippen molar-refractivity contribution in [3.8, 4) is 6.07 Å². The molecule has 0 aliphatic rings. The van der Waals surface area contributed by atoms with E-state index >= 15 is 0 Å². The van der Waals surface area contributed by atoms with Crippen molar-refractivity contribution in [1.29, 1.82) is 5.26 Å². The van der Waals surface area contributed by atoms with Gasteiger partial charge in [0.05, 0.1) is 22.2 Å². The van der Waals surface area contributed by atoms with Gasteiger partial charge in [-0.25, -0.2) is 0 Å². The smallest absolute Gasteiger partial charge is 0.248 e. The molecule has 0 unspecified atom stereocenters. The summed E-state index contributed by atoms with van der Waals surface area (Å²) in [5, 5.41) is 12.1. The third kappa shape index (κ3) is 3.08. The molecule has 0 spiro atoms. The van der Waals surface area contributed by atoms with E-state index in [1.165, 1.54) is 18.4 Å². The Morgan fingerprint density at radius 2 is 1.88 bits per heavy atom. The maximum absolute atomic E-state index is 12.3. The molecule has 0 aliphatic heterocycles. The lowest BCUT2D eigenvalue weighted by Crippen LogP contribution is -2.10. The number of fused-ring (bicyclic) bond motifs is 1. The fraction of sp³-hybridized carbons (Fsp3) is 0. The summed E-state index contributed by atoms with van der Waals surface area (Å²) in [6, 6.07) is 15.6. The van der Waals surface area contributed by atoms with Crippen molar-refractivity contribution < 1.29 is 9.21 Å². The minimum absolute atomic E-state index is 0.210. The van der Waals surface area contributed by atoms with Crippen molar-refractivity contribution in [2.24, 2.45) is 0 Å². The van der Waals surface area contributed by atoms with Gasteiger partial charge in [-0.2, -0.15) is 5.26 Å². The Balaban J connectivity index is 1.83. The Morgan fingerprint density at radius 1 is 1.12 bits per heavy atom. The first-order valence-electron chi connectivity index (χ1n) is 7.18. The van der Waals surface area contributed by atoms with Gasteiger partial charge in [0.1, 0.15) is 17.9 Å². The van der Waals surface area contributed by atoms with Gasteiger partial charge in [-0.05, 0) is 30.3 Å². The SMILES string of the molecule is N#Cc1ccccc1NC(=O)/C=C/c1coc2ccccc2c1=O. The Kier molecular flexibility index (Phi) is 4.21. The highest BCUT2D eigenvalue weighted by Gasteiger charge is 2.06. The first-order valence-corrected chi connectivity index (χ1v) is 7.18. The lowest BCUT2D eigenvalue weighted by Gasteiger charge is -2.03. The van der Waals surface area contributed by atoms with Crippen molar-refractivity contribution in [2.75, 3.05) is 5.32 Å². The molecule has 5 nitrogen and oxygen atoms in total. The molecule has 116 valence electrons. The van der Waals surface area contributed by atoms with Crippen LogP contribution in [0.4, 0.5) is 5.69 Å². The Morgan fingerprint density at radius 3 is 2.71 bits per heavy atom. The number of carbonyl (C=O) groups excluding carboxylic acids is 1. The van der Waals surface area contributed by atoms with Crippen LogP contribution in [0, 0.1) is 11.3 Å². The van der Waals surface area contributed by atoms with E-state index in [0.29, 0.717) is 22.2 Å². The normalized spacial score (nSPS) is 10.6. The molecule has 0 aliphatic carbocycles. The topological polar surface area (TPSA) is 83.1 Å². The van der Waals surface area contributed by atoms with Crippen LogP contribution in [0.1, 0.15) is 11.1 Å². The number of benzene rings is 2. The highest BCUT2D eigenvalue weighted by atomic mass is 16.3. The van der Waals surface area contributed by atoms with E-state index in [-0.39, 0.29) is 11.0 Å². The molecule has 0 atom stereocenters. The number of carbonyl (C=O) groups is 1. The summed E-state index contributed by atoms with van der Waals surface area (Å²) in [6.07, 6.45) is 3.94. The second-order valence-electron chi connectivity index (χ2n) is 5.00. The predicted octanol–water partition coefficient (Wildman–Crippen LogP) is 3.32. The number of anilines is 1. The largest absolute Gasteiger partial charge is 0.463 e. The molecule has 1 N–H and O–H groups in total. The van der Waals surface area contributed by atoms with Crippen LogP contribution in [0.5, 0.6) is 0 Å². The lowest BCUT2D eigenvalue weighted by molar-refractivity contribution is -0.111. The number of hydrogen-bond acceptors (Lipinski definition) is 4. The Hall–Kier alpha value is -3.65. The van der Waals surface area contributed by atoms with E-state index in [9.17, 15) is 9.59 Å². The predicted molar refractivity (Wildman–Crippen MR) is 91.3 cm³/mol. The standard InChI is InChI=1S/C19H12N2O3/c20-11-13-5-1-3-7-16(13)21-18(22)10-9-14-12-24-17-8-4-2-6-15(17)19(14)23/h1-10,12H,(H,21,22)/b10-9+. The number of nitrogens with one attached hydrogen (secondary N) is 1. The number of amides is 1. The minimum Gasteiger partial charge on any atom is -0.463 e. The van der Waals surface area contributed by atoms with E-state index in [2.05, 4.69) is 5.32 Å². The second kappa shape index (κ2) is 6.63. The quantitative estimate of drug-likeness (QED) is 0.751. The van der Waals surface area contributed by atoms with Gasteiger partial charge in [0.2, 0.25) is 5.91 Å².